The number of hydrogen-bond donors (Lipinski definition) is 0. The average molecular weight is 739 g/mol. The maximum Gasteiger partial charge on any atom is 0.261 e. The third-order valence-corrected chi connectivity index (χ3v) is 25.6. The van der Waals surface area contributed by atoms with Gasteiger partial charge in [0.05, 0.1) is 18.3 Å². The van der Waals surface area contributed by atoms with E-state index in [9.17, 15) is 0 Å². The molecule has 0 heterocycles. The second-order valence-electron chi connectivity index (χ2n) is 18.7. The van der Waals surface area contributed by atoms with E-state index in [1.807, 2.05) is 13.2 Å². The second kappa shape index (κ2) is 17.5. The van der Waals surface area contributed by atoms with Gasteiger partial charge in [-0.1, -0.05) is 155 Å². The van der Waals surface area contributed by atoms with Crippen LogP contribution in [-0.2, 0) is 18.0 Å². The van der Waals surface area contributed by atoms with E-state index in [2.05, 4.69) is 183 Å². The summed E-state index contributed by atoms with van der Waals surface area (Å²) in [5, 5.41) is 2.70. The maximum absolute atomic E-state index is 7.49. The van der Waals surface area contributed by atoms with E-state index >= 15 is 0 Å². The SMILES string of the molecule is C=C[C@@H](C/C(C)=C/[C@@H](OC)[C@@H](C)[C@H](O[Si](C)(C)C(C)(C)C)[C@H](C)CO[Si](c1ccccc1)(c1ccccc1)C(C)(C)C)O[Si](C)(C)C(C)(C)C. The van der Waals surface area contributed by atoms with Crippen molar-refractivity contribution in [2.24, 2.45) is 11.8 Å². The Balaban J connectivity index is 2.54. The fourth-order valence-corrected chi connectivity index (χ4v) is 13.8. The lowest BCUT2D eigenvalue weighted by molar-refractivity contribution is -0.0104. The molecule has 0 saturated heterocycles. The van der Waals surface area contributed by atoms with E-state index in [1.165, 1.54) is 15.9 Å². The van der Waals surface area contributed by atoms with Crippen molar-refractivity contribution >= 4 is 35.3 Å². The fourth-order valence-electron chi connectivity index (χ4n) is 6.39. The van der Waals surface area contributed by atoms with Crippen LogP contribution in [-0.4, -0.2) is 57.0 Å². The molecule has 2 aromatic rings. The molecule has 0 N–H and O–H groups in total. The van der Waals surface area contributed by atoms with Crippen LogP contribution in [0.1, 0.15) is 89.5 Å². The van der Waals surface area contributed by atoms with Crippen LogP contribution < -0.4 is 10.4 Å². The van der Waals surface area contributed by atoms with Gasteiger partial charge in [0.1, 0.15) is 0 Å². The molecule has 282 valence electrons. The van der Waals surface area contributed by atoms with Crippen molar-refractivity contribution in [2.75, 3.05) is 13.7 Å². The van der Waals surface area contributed by atoms with Crippen molar-refractivity contribution in [2.45, 2.75) is 149 Å². The molecule has 0 radical (unpaired) electrons. The molecule has 2 rings (SSSR count). The summed E-state index contributed by atoms with van der Waals surface area (Å²) in [7, 11) is -4.99. The minimum absolute atomic E-state index is 0.0296. The molecule has 0 aliphatic rings. The van der Waals surface area contributed by atoms with Crippen molar-refractivity contribution < 1.29 is 18.0 Å². The molecule has 5 atom stereocenters. The van der Waals surface area contributed by atoms with E-state index in [-0.39, 0.29) is 45.3 Å². The zero-order chi connectivity index (χ0) is 38.3. The van der Waals surface area contributed by atoms with Gasteiger partial charge >= 0.3 is 0 Å². The standard InChI is InChI=1S/C43H74O4Si3/c1-19-36(46-48(15,16)41(5,6)7)30-33(2)31-39(44-14)35(4)40(47-49(17,18)42(8,9)10)34(3)32-45-50(43(11,12)13,37-26-22-20-23-27-37)38-28-24-21-25-29-38/h19-29,31,34-36,39-40H,1,30,32H2,2-18H3/b33-31+/t34-,35-,36+,39-,40-/m1/s1. The van der Waals surface area contributed by atoms with E-state index in [0.717, 1.165) is 6.42 Å². The third kappa shape index (κ3) is 11.0. The van der Waals surface area contributed by atoms with E-state index < -0.39 is 25.0 Å². The monoisotopic (exact) mass is 738 g/mol. The van der Waals surface area contributed by atoms with Crippen LogP contribution in [0, 0.1) is 11.8 Å². The summed E-state index contributed by atoms with van der Waals surface area (Å²) in [4.78, 5) is 0. The molecular weight excluding hydrogens is 665 g/mol. The van der Waals surface area contributed by atoms with Crippen molar-refractivity contribution in [3.8, 4) is 0 Å². The highest BCUT2D eigenvalue weighted by Gasteiger charge is 2.51. The number of methoxy groups -OCH3 is 1. The highest BCUT2D eigenvalue weighted by molar-refractivity contribution is 6.99. The first kappa shape index (κ1) is 44.6. The van der Waals surface area contributed by atoms with Crippen molar-refractivity contribution in [3.05, 3.63) is 85.0 Å². The quantitative estimate of drug-likeness (QED) is 0.120. The lowest BCUT2D eigenvalue weighted by Crippen LogP contribution is -2.67. The number of benzene rings is 2. The van der Waals surface area contributed by atoms with Crippen LogP contribution in [0.25, 0.3) is 0 Å². The summed E-state index contributed by atoms with van der Waals surface area (Å²) < 4.78 is 27.9. The normalized spacial score (nSPS) is 17.2. The summed E-state index contributed by atoms with van der Waals surface area (Å²) in [6, 6.07) is 21.9. The summed E-state index contributed by atoms with van der Waals surface area (Å²) in [5.41, 5.74) is 1.25. The molecule has 0 unspecified atom stereocenters. The van der Waals surface area contributed by atoms with Gasteiger partial charge in [-0.2, -0.15) is 0 Å². The summed E-state index contributed by atoms with van der Waals surface area (Å²) >= 11 is 0. The van der Waals surface area contributed by atoms with Crippen molar-refractivity contribution in [1.29, 1.82) is 0 Å². The molecule has 50 heavy (non-hydrogen) atoms. The molecule has 0 bridgehead atoms. The van der Waals surface area contributed by atoms with Crippen LogP contribution in [0.15, 0.2) is 85.0 Å². The van der Waals surface area contributed by atoms with E-state index in [4.69, 9.17) is 18.0 Å². The predicted molar refractivity (Wildman–Crippen MR) is 225 cm³/mol. The molecule has 0 saturated carbocycles. The number of hydrogen-bond acceptors (Lipinski definition) is 4. The topological polar surface area (TPSA) is 36.9 Å². The molecule has 0 spiro atoms. The molecule has 0 aliphatic heterocycles. The summed E-state index contributed by atoms with van der Waals surface area (Å²) in [6.07, 6.45) is 4.84. The van der Waals surface area contributed by atoms with Crippen LogP contribution in [0.4, 0.5) is 0 Å². The van der Waals surface area contributed by atoms with Crippen molar-refractivity contribution in [3.63, 3.8) is 0 Å². The molecule has 0 aliphatic carbocycles. The Labute approximate surface area is 311 Å². The molecule has 0 amide bonds. The van der Waals surface area contributed by atoms with Crippen LogP contribution in [0.5, 0.6) is 0 Å². The first-order valence-electron chi connectivity index (χ1n) is 18.8. The average Bonchev–Trinajstić information content (AvgIpc) is 3.01. The Morgan fingerprint density at radius 3 is 1.54 bits per heavy atom. The van der Waals surface area contributed by atoms with Gasteiger partial charge in [0.15, 0.2) is 16.6 Å². The lowest BCUT2D eigenvalue weighted by Gasteiger charge is -2.46. The van der Waals surface area contributed by atoms with E-state index in [1.54, 1.807) is 0 Å². The van der Waals surface area contributed by atoms with Crippen LogP contribution in [0.3, 0.4) is 0 Å². The van der Waals surface area contributed by atoms with Crippen molar-refractivity contribution in [1.82, 2.24) is 0 Å². The van der Waals surface area contributed by atoms with Gasteiger partial charge in [-0.3, -0.25) is 0 Å². The first-order chi connectivity index (χ1) is 22.8. The minimum Gasteiger partial charge on any atom is -0.413 e. The number of rotatable bonds is 17. The number of ether oxygens (including phenoxy) is 1. The first-order valence-corrected chi connectivity index (χ1v) is 26.5. The molecule has 0 aromatic heterocycles. The minimum atomic E-state index is -2.71. The Morgan fingerprint density at radius 2 is 1.16 bits per heavy atom. The fraction of sp³-hybridized carbons (Fsp3) is 0.628. The largest absolute Gasteiger partial charge is 0.413 e. The summed E-state index contributed by atoms with van der Waals surface area (Å²) in [6.45, 7) is 41.7. The van der Waals surface area contributed by atoms with Crippen LogP contribution in [0.2, 0.25) is 41.3 Å². The van der Waals surface area contributed by atoms with Gasteiger partial charge in [0.25, 0.3) is 8.32 Å². The smallest absolute Gasteiger partial charge is 0.261 e. The van der Waals surface area contributed by atoms with E-state index in [0.29, 0.717) is 6.61 Å². The molecule has 2 aromatic carbocycles. The zero-order valence-corrected chi connectivity index (χ0v) is 38.1. The maximum atomic E-state index is 7.49. The lowest BCUT2D eigenvalue weighted by atomic mass is 9.88. The Morgan fingerprint density at radius 1 is 0.720 bits per heavy atom. The van der Waals surface area contributed by atoms with Gasteiger partial charge in [0.2, 0.25) is 0 Å². The Kier molecular flexibility index (Phi) is 15.6. The third-order valence-electron chi connectivity index (χ3n) is 11.6. The van der Waals surface area contributed by atoms with Crippen LogP contribution >= 0.6 is 0 Å². The highest BCUT2D eigenvalue weighted by atomic mass is 28.4. The molecule has 0 fully saturated rings. The Hall–Kier alpha value is -1.59. The highest BCUT2D eigenvalue weighted by Crippen LogP contribution is 2.42. The van der Waals surface area contributed by atoms with Gasteiger partial charge in [0, 0.05) is 25.6 Å². The summed E-state index contributed by atoms with van der Waals surface area (Å²) in [5.74, 6) is 0.209. The van der Waals surface area contributed by atoms with Gasteiger partial charge in [-0.25, -0.2) is 0 Å². The zero-order valence-electron chi connectivity index (χ0n) is 35.1. The van der Waals surface area contributed by atoms with Gasteiger partial charge < -0.3 is 18.0 Å². The second-order valence-corrected chi connectivity index (χ2v) is 32.5. The Bertz CT molecular complexity index is 1310. The van der Waals surface area contributed by atoms with Gasteiger partial charge in [-0.15, -0.1) is 6.58 Å². The predicted octanol–water partition coefficient (Wildman–Crippen LogP) is 11.2. The molecular formula is C43H74O4Si3. The van der Waals surface area contributed by atoms with Gasteiger partial charge in [-0.05, 0) is 65.0 Å². The molecule has 4 nitrogen and oxygen atoms in total. The molecule has 7 heteroatoms.